The highest BCUT2D eigenvalue weighted by molar-refractivity contribution is 6.00. The second-order valence-corrected chi connectivity index (χ2v) is 3.80. The summed E-state index contributed by atoms with van der Waals surface area (Å²) in [6, 6.07) is 1.25. The standard InChI is InChI=1S/C7H7NO3.C4H5NO3/c1-4-2-6(9)5(3-8-4)7(10)11;6-3-1-2-4(7)5(3)8/h2-3H,1H3,(H,8,9)(H,10,11);8H,1-2H2. The number of carbonyl (C=O) groups is 3. The minimum atomic E-state index is -1.20. The number of imide groups is 1. The van der Waals surface area contributed by atoms with Crippen LogP contribution >= 0.6 is 0 Å². The molecule has 1 aromatic rings. The van der Waals surface area contributed by atoms with Gasteiger partial charge in [0.2, 0.25) is 0 Å². The number of nitrogens with one attached hydrogen (secondary N) is 1. The molecule has 0 bridgehead atoms. The molecule has 19 heavy (non-hydrogen) atoms. The van der Waals surface area contributed by atoms with Gasteiger partial charge in [0.25, 0.3) is 11.8 Å². The average Bonchev–Trinajstić information content (AvgIpc) is 2.61. The lowest BCUT2D eigenvalue weighted by atomic mass is 10.2. The van der Waals surface area contributed by atoms with E-state index in [1.165, 1.54) is 12.3 Å². The number of nitrogens with zero attached hydrogens (tertiary/aromatic N) is 1. The van der Waals surface area contributed by atoms with Crippen LogP contribution in [-0.4, -0.2) is 38.1 Å². The number of carbonyl (C=O) groups excluding carboxylic acids is 2. The summed E-state index contributed by atoms with van der Waals surface area (Å²) in [6.45, 7) is 1.69. The lowest BCUT2D eigenvalue weighted by Gasteiger charge is -1.98. The molecule has 1 aliphatic rings. The Hall–Kier alpha value is -2.48. The van der Waals surface area contributed by atoms with Gasteiger partial charge in [0.15, 0.2) is 5.43 Å². The number of aryl methyl sites for hydroxylation is 1. The van der Waals surface area contributed by atoms with Gasteiger partial charge in [-0.3, -0.25) is 19.6 Å². The SMILES string of the molecule is Cc1cc(=O)c(C(=O)O)c[nH]1.O=C1CCC(=O)N1O. The molecule has 2 amide bonds. The van der Waals surface area contributed by atoms with Gasteiger partial charge in [0, 0.05) is 30.8 Å². The molecule has 8 nitrogen and oxygen atoms in total. The molecule has 0 spiro atoms. The summed E-state index contributed by atoms with van der Waals surface area (Å²) in [7, 11) is 0. The molecule has 2 heterocycles. The number of amides is 2. The van der Waals surface area contributed by atoms with Crippen LogP contribution < -0.4 is 5.43 Å². The average molecular weight is 268 g/mol. The topological polar surface area (TPSA) is 128 Å². The van der Waals surface area contributed by atoms with Gasteiger partial charge in [0.05, 0.1) is 0 Å². The fraction of sp³-hybridized carbons (Fsp3) is 0.273. The van der Waals surface area contributed by atoms with Crippen LogP contribution in [0.5, 0.6) is 0 Å². The van der Waals surface area contributed by atoms with E-state index in [4.69, 9.17) is 10.3 Å². The minimum Gasteiger partial charge on any atom is -0.477 e. The summed E-state index contributed by atoms with van der Waals surface area (Å²) in [5.74, 6) is -2.21. The smallest absolute Gasteiger partial charge is 0.341 e. The van der Waals surface area contributed by atoms with Crippen molar-refractivity contribution in [1.29, 1.82) is 0 Å². The van der Waals surface area contributed by atoms with E-state index >= 15 is 0 Å². The van der Waals surface area contributed by atoms with E-state index in [9.17, 15) is 19.2 Å². The molecule has 102 valence electrons. The van der Waals surface area contributed by atoms with Gasteiger partial charge in [-0.25, -0.2) is 4.79 Å². The number of carboxylic acid groups (broad SMARTS) is 1. The number of aromatic carboxylic acids is 1. The zero-order valence-corrected chi connectivity index (χ0v) is 10.0. The monoisotopic (exact) mass is 268 g/mol. The van der Waals surface area contributed by atoms with Crippen LogP contribution in [0.1, 0.15) is 28.9 Å². The molecule has 1 aromatic heterocycles. The predicted molar refractivity (Wildman–Crippen MR) is 61.6 cm³/mol. The summed E-state index contributed by atoms with van der Waals surface area (Å²) < 4.78 is 0. The molecule has 0 saturated carbocycles. The Labute approximate surface area is 107 Å². The maximum Gasteiger partial charge on any atom is 0.341 e. The third-order valence-electron chi connectivity index (χ3n) is 2.31. The van der Waals surface area contributed by atoms with Crippen LogP contribution in [0.3, 0.4) is 0 Å². The number of aromatic amines is 1. The number of hydroxylamine groups is 2. The van der Waals surface area contributed by atoms with Gasteiger partial charge >= 0.3 is 5.97 Å². The van der Waals surface area contributed by atoms with Crippen molar-refractivity contribution in [3.8, 4) is 0 Å². The van der Waals surface area contributed by atoms with Gasteiger partial charge in [-0.15, -0.1) is 0 Å². The third kappa shape index (κ3) is 3.75. The summed E-state index contributed by atoms with van der Waals surface area (Å²) in [6.07, 6.45) is 1.49. The second kappa shape index (κ2) is 5.91. The van der Waals surface area contributed by atoms with E-state index in [-0.39, 0.29) is 23.5 Å². The van der Waals surface area contributed by atoms with Gasteiger partial charge in [-0.1, -0.05) is 0 Å². The molecular weight excluding hydrogens is 256 g/mol. The highest BCUT2D eigenvalue weighted by Crippen LogP contribution is 2.07. The molecule has 3 N–H and O–H groups in total. The van der Waals surface area contributed by atoms with E-state index in [1.807, 2.05) is 0 Å². The molecule has 8 heteroatoms. The van der Waals surface area contributed by atoms with Crippen LogP contribution in [0.4, 0.5) is 0 Å². The number of hydrogen-bond donors (Lipinski definition) is 3. The Bertz CT molecular complexity index is 561. The Morgan fingerprint density at radius 1 is 1.26 bits per heavy atom. The molecule has 0 radical (unpaired) electrons. The number of carboxylic acids is 1. The first-order valence-corrected chi connectivity index (χ1v) is 5.30. The van der Waals surface area contributed by atoms with E-state index in [0.717, 1.165) is 0 Å². The van der Waals surface area contributed by atoms with E-state index in [2.05, 4.69) is 4.98 Å². The molecule has 0 unspecified atom stereocenters. The van der Waals surface area contributed by atoms with Crippen LogP contribution in [0.2, 0.25) is 0 Å². The van der Waals surface area contributed by atoms with Crippen LogP contribution in [0.15, 0.2) is 17.1 Å². The van der Waals surface area contributed by atoms with E-state index in [1.54, 1.807) is 6.92 Å². The first-order chi connectivity index (χ1) is 8.82. The fourth-order valence-electron chi connectivity index (χ4n) is 1.31. The number of aromatic nitrogens is 1. The highest BCUT2D eigenvalue weighted by Gasteiger charge is 2.26. The molecule has 1 aliphatic heterocycles. The van der Waals surface area contributed by atoms with Crippen molar-refractivity contribution < 1.29 is 24.7 Å². The zero-order valence-electron chi connectivity index (χ0n) is 10.0. The van der Waals surface area contributed by atoms with Crippen molar-refractivity contribution in [2.75, 3.05) is 0 Å². The van der Waals surface area contributed by atoms with Gasteiger partial charge < -0.3 is 10.1 Å². The molecule has 1 saturated heterocycles. The molecule has 2 rings (SSSR count). The first kappa shape index (κ1) is 14.6. The lowest BCUT2D eigenvalue weighted by Crippen LogP contribution is -2.24. The van der Waals surface area contributed by atoms with Crippen molar-refractivity contribution in [3.63, 3.8) is 0 Å². The van der Waals surface area contributed by atoms with E-state index in [0.29, 0.717) is 5.69 Å². The van der Waals surface area contributed by atoms with Crippen molar-refractivity contribution in [2.24, 2.45) is 0 Å². The molecule has 1 fully saturated rings. The van der Waals surface area contributed by atoms with Gasteiger partial charge in [0.1, 0.15) is 5.56 Å². The van der Waals surface area contributed by atoms with Crippen LogP contribution in [0.25, 0.3) is 0 Å². The molecule has 0 aromatic carbocycles. The number of pyridine rings is 1. The summed E-state index contributed by atoms with van der Waals surface area (Å²) in [5, 5.41) is 17.0. The first-order valence-electron chi connectivity index (χ1n) is 5.30. The predicted octanol–water partition coefficient (Wildman–Crippen LogP) is -0.0939. The Morgan fingerprint density at radius 3 is 2.11 bits per heavy atom. The lowest BCUT2D eigenvalue weighted by molar-refractivity contribution is -0.171. The van der Waals surface area contributed by atoms with Crippen LogP contribution in [-0.2, 0) is 9.59 Å². The largest absolute Gasteiger partial charge is 0.477 e. The number of rotatable bonds is 1. The fourth-order valence-corrected chi connectivity index (χ4v) is 1.31. The van der Waals surface area contributed by atoms with Gasteiger partial charge in [-0.2, -0.15) is 5.06 Å². The Kier molecular flexibility index (Phi) is 4.54. The quantitative estimate of drug-likeness (QED) is 0.482. The normalized spacial score (nSPS) is 14.1. The van der Waals surface area contributed by atoms with Gasteiger partial charge in [-0.05, 0) is 6.92 Å². The highest BCUT2D eigenvalue weighted by atomic mass is 16.5. The zero-order chi connectivity index (χ0) is 14.6. The van der Waals surface area contributed by atoms with Crippen molar-refractivity contribution >= 4 is 17.8 Å². The minimum absolute atomic E-state index is 0.148. The number of H-pyrrole nitrogens is 1. The summed E-state index contributed by atoms with van der Waals surface area (Å²) in [4.78, 5) is 44.3. The third-order valence-corrected chi connectivity index (χ3v) is 2.31. The maximum absolute atomic E-state index is 10.9. The second-order valence-electron chi connectivity index (χ2n) is 3.80. The van der Waals surface area contributed by atoms with E-state index < -0.39 is 23.2 Å². The Morgan fingerprint density at radius 2 is 1.79 bits per heavy atom. The Balaban J connectivity index is 0.000000200. The summed E-state index contributed by atoms with van der Waals surface area (Å²) in [5.41, 5.74) is -0.0376. The molecular formula is C11H12N2O6. The maximum atomic E-state index is 10.9. The number of hydrogen-bond acceptors (Lipinski definition) is 5. The van der Waals surface area contributed by atoms with Crippen molar-refractivity contribution in [2.45, 2.75) is 19.8 Å². The molecule has 0 atom stereocenters. The molecule has 0 aliphatic carbocycles. The van der Waals surface area contributed by atoms with Crippen molar-refractivity contribution in [3.05, 3.63) is 33.7 Å². The van der Waals surface area contributed by atoms with Crippen LogP contribution in [0, 0.1) is 6.92 Å². The van der Waals surface area contributed by atoms with Crippen molar-refractivity contribution in [1.82, 2.24) is 10.0 Å². The summed E-state index contributed by atoms with van der Waals surface area (Å²) >= 11 is 0.